The van der Waals surface area contributed by atoms with Crippen molar-refractivity contribution in [3.05, 3.63) is 59.9 Å². The number of H-pyrrole nitrogens is 1. The number of fused-ring (bicyclic) bond motifs is 1. The van der Waals surface area contributed by atoms with Crippen molar-refractivity contribution in [2.45, 2.75) is 26.3 Å². The van der Waals surface area contributed by atoms with Crippen LogP contribution in [0, 0.1) is 0 Å². The van der Waals surface area contributed by atoms with Gasteiger partial charge in [-0.15, -0.1) is 0 Å². The van der Waals surface area contributed by atoms with Gasteiger partial charge in [-0.2, -0.15) is 0 Å². The molecule has 3 aromatic rings. The molecule has 0 aliphatic carbocycles. The van der Waals surface area contributed by atoms with Crippen molar-refractivity contribution in [2.24, 2.45) is 0 Å². The molecule has 0 unspecified atom stereocenters. The lowest BCUT2D eigenvalue weighted by Crippen LogP contribution is -2.56. The summed E-state index contributed by atoms with van der Waals surface area (Å²) in [6.45, 7) is 5.01. The summed E-state index contributed by atoms with van der Waals surface area (Å²) in [4.78, 5) is 60.7. The van der Waals surface area contributed by atoms with Crippen molar-refractivity contribution in [2.75, 3.05) is 32.8 Å². The first-order valence-corrected chi connectivity index (χ1v) is 11.9. The number of Topliss-reactive ketones (excluding diaryl/α,β-unsaturated/α-hetero) is 1. The number of ketones is 1. The Hall–Kier alpha value is -4.21. The predicted molar refractivity (Wildman–Crippen MR) is 133 cm³/mol. The van der Waals surface area contributed by atoms with Crippen molar-refractivity contribution >= 4 is 34.5 Å². The van der Waals surface area contributed by atoms with Crippen molar-refractivity contribution in [1.29, 1.82) is 0 Å². The second-order valence-corrected chi connectivity index (χ2v) is 8.71. The monoisotopic (exact) mass is 491 g/mol. The molecule has 0 radical (unpaired) electrons. The number of piperazine rings is 1. The smallest absolute Gasteiger partial charge is 0.295 e. The maximum Gasteiger partial charge on any atom is 0.295 e. The summed E-state index contributed by atoms with van der Waals surface area (Å²) in [7, 11) is 0. The van der Waals surface area contributed by atoms with Gasteiger partial charge in [0.15, 0.2) is 0 Å². The van der Waals surface area contributed by atoms with E-state index < -0.39 is 11.7 Å². The zero-order chi connectivity index (χ0) is 25.7. The predicted octanol–water partition coefficient (Wildman–Crippen LogP) is 2.02. The van der Waals surface area contributed by atoms with E-state index in [0.29, 0.717) is 55.0 Å². The highest BCUT2D eigenvalue weighted by Crippen LogP contribution is 2.28. The van der Waals surface area contributed by atoms with Gasteiger partial charge in [-0.1, -0.05) is 18.2 Å². The van der Waals surface area contributed by atoms with Crippen LogP contribution in [0.1, 0.15) is 41.0 Å². The fourth-order valence-electron chi connectivity index (χ4n) is 4.30. The Bertz CT molecular complexity index is 1270. The molecule has 2 N–H and O–H groups in total. The molecule has 1 fully saturated rings. The number of aromatic amines is 1. The van der Waals surface area contributed by atoms with Gasteiger partial charge in [-0.25, -0.2) is 4.98 Å². The van der Waals surface area contributed by atoms with Crippen LogP contribution >= 0.6 is 0 Å². The molecule has 1 aliphatic rings. The van der Waals surface area contributed by atoms with Crippen molar-refractivity contribution in [3.8, 4) is 5.75 Å². The summed E-state index contributed by atoms with van der Waals surface area (Å²) in [6, 6.07) is 10.3. The van der Waals surface area contributed by atoms with Gasteiger partial charge >= 0.3 is 0 Å². The molecule has 2 aromatic heterocycles. The van der Waals surface area contributed by atoms with Gasteiger partial charge < -0.3 is 24.8 Å². The maximum absolute atomic E-state index is 13.3. The number of nitrogens with one attached hydrogen (secondary N) is 2. The number of ether oxygens (including phenoxy) is 1. The van der Waals surface area contributed by atoms with Crippen LogP contribution in [-0.2, 0) is 9.59 Å². The minimum absolute atomic E-state index is 0.0936. The first-order valence-electron chi connectivity index (χ1n) is 11.9. The number of rotatable bonds is 8. The van der Waals surface area contributed by atoms with Gasteiger partial charge in [-0.3, -0.25) is 19.2 Å². The minimum atomic E-state index is -0.660. The van der Waals surface area contributed by atoms with Gasteiger partial charge in [0.1, 0.15) is 11.4 Å². The summed E-state index contributed by atoms with van der Waals surface area (Å²) in [5.41, 5.74) is 1.23. The number of benzene rings is 1. The highest BCUT2D eigenvalue weighted by atomic mass is 16.5. The van der Waals surface area contributed by atoms with E-state index in [-0.39, 0.29) is 30.0 Å². The fourth-order valence-corrected chi connectivity index (χ4v) is 4.30. The van der Waals surface area contributed by atoms with Crippen LogP contribution in [0.4, 0.5) is 0 Å². The molecule has 1 saturated heterocycles. The van der Waals surface area contributed by atoms with Gasteiger partial charge in [0.25, 0.3) is 17.6 Å². The molecule has 3 amide bonds. The number of hydrogen-bond donors (Lipinski definition) is 2. The SMILES string of the molecule is CC(=O)NCCCOc1ccnc2[nH]cc(C(=O)C(=O)N3CCN(C(=O)c4ccccc4)C[C@H]3C)c12. The van der Waals surface area contributed by atoms with E-state index in [1.807, 2.05) is 25.1 Å². The summed E-state index contributed by atoms with van der Waals surface area (Å²) in [5, 5.41) is 3.15. The van der Waals surface area contributed by atoms with Crippen LogP contribution in [0.5, 0.6) is 5.75 Å². The van der Waals surface area contributed by atoms with E-state index >= 15 is 0 Å². The minimum Gasteiger partial charge on any atom is -0.493 e. The lowest BCUT2D eigenvalue weighted by Gasteiger charge is -2.39. The van der Waals surface area contributed by atoms with E-state index in [1.165, 1.54) is 18.0 Å². The average molecular weight is 492 g/mol. The molecular formula is C26H29N5O5. The van der Waals surface area contributed by atoms with Gasteiger partial charge in [0.05, 0.1) is 17.6 Å². The molecule has 36 heavy (non-hydrogen) atoms. The van der Waals surface area contributed by atoms with E-state index in [2.05, 4.69) is 15.3 Å². The zero-order valence-electron chi connectivity index (χ0n) is 20.3. The molecule has 10 nitrogen and oxygen atoms in total. The Morgan fingerprint density at radius 2 is 1.92 bits per heavy atom. The number of carbonyl (C=O) groups is 4. The molecule has 3 heterocycles. The molecule has 4 rings (SSSR count). The number of hydrogen-bond acceptors (Lipinski definition) is 6. The molecule has 1 aromatic carbocycles. The van der Waals surface area contributed by atoms with Crippen LogP contribution in [-0.4, -0.2) is 82.1 Å². The molecule has 188 valence electrons. The van der Waals surface area contributed by atoms with E-state index in [4.69, 9.17) is 4.74 Å². The van der Waals surface area contributed by atoms with Gasteiger partial charge in [-0.05, 0) is 31.5 Å². The van der Waals surface area contributed by atoms with Crippen LogP contribution in [0.15, 0.2) is 48.8 Å². The molecule has 1 aliphatic heterocycles. The standard InChI is InChI=1S/C26H29N5O5/c1-17-16-30(25(34)19-7-4-3-5-8-19)12-13-31(17)26(35)23(33)20-15-29-24-22(20)21(9-11-28-24)36-14-6-10-27-18(2)32/h3-5,7-9,11,15,17H,6,10,12-14,16H2,1-2H3,(H,27,32)(H,28,29)/t17-/m1/s1. The fraction of sp³-hybridized carbons (Fsp3) is 0.346. The third-order valence-electron chi connectivity index (χ3n) is 6.12. The normalized spacial score (nSPS) is 15.6. The van der Waals surface area contributed by atoms with E-state index in [9.17, 15) is 19.2 Å². The van der Waals surface area contributed by atoms with E-state index in [0.717, 1.165) is 0 Å². The second kappa shape index (κ2) is 11.0. The summed E-state index contributed by atoms with van der Waals surface area (Å²) in [6.07, 6.45) is 3.62. The molecular weight excluding hydrogens is 462 g/mol. The quantitative estimate of drug-likeness (QED) is 0.282. The average Bonchev–Trinajstić information content (AvgIpc) is 3.32. The number of carbonyl (C=O) groups excluding carboxylic acids is 4. The van der Waals surface area contributed by atoms with E-state index in [1.54, 1.807) is 29.3 Å². The third kappa shape index (κ3) is 5.37. The number of nitrogens with zero attached hydrogens (tertiary/aromatic N) is 3. The molecule has 1 atom stereocenters. The first kappa shape index (κ1) is 24.9. The Balaban J connectivity index is 1.44. The highest BCUT2D eigenvalue weighted by Gasteiger charge is 2.34. The topological polar surface area (TPSA) is 125 Å². The van der Waals surface area contributed by atoms with Crippen molar-refractivity contribution < 1.29 is 23.9 Å². The van der Waals surface area contributed by atoms with Crippen LogP contribution in [0.2, 0.25) is 0 Å². The Kier molecular flexibility index (Phi) is 7.62. The van der Waals surface area contributed by atoms with Crippen LogP contribution in [0.3, 0.4) is 0 Å². The van der Waals surface area contributed by atoms with Gasteiger partial charge in [0.2, 0.25) is 5.91 Å². The lowest BCUT2D eigenvalue weighted by atomic mass is 10.1. The van der Waals surface area contributed by atoms with Crippen LogP contribution < -0.4 is 10.1 Å². The third-order valence-corrected chi connectivity index (χ3v) is 6.12. The number of amides is 3. The zero-order valence-corrected chi connectivity index (χ0v) is 20.3. The Morgan fingerprint density at radius 1 is 1.14 bits per heavy atom. The summed E-state index contributed by atoms with van der Waals surface area (Å²) >= 11 is 0. The Labute approximate surface area is 208 Å². The maximum atomic E-state index is 13.3. The van der Waals surface area contributed by atoms with Crippen molar-refractivity contribution in [1.82, 2.24) is 25.1 Å². The second-order valence-electron chi connectivity index (χ2n) is 8.71. The molecule has 0 bridgehead atoms. The van der Waals surface area contributed by atoms with Crippen molar-refractivity contribution in [3.63, 3.8) is 0 Å². The summed E-state index contributed by atoms with van der Waals surface area (Å²) < 4.78 is 5.85. The first-order chi connectivity index (χ1) is 17.4. The van der Waals surface area contributed by atoms with Crippen LogP contribution in [0.25, 0.3) is 11.0 Å². The molecule has 0 spiro atoms. The van der Waals surface area contributed by atoms with Gasteiger partial charge in [0, 0.05) is 57.1 Å². The molecule has 0 saturated carbocycles. The Morgan fingerprint density at radius 3 is 2.64 bits per heavy atom. The number of pyridine rings is 1. The molecule has 10 heteroatoms. The lowest BCUT2D eigenvalue weighted by molar-refractivity contribution is -0.130. The summed E-state index contributed by atoms with van der Waals surface area (Å²) in [5.74, 6) is -1.06. The largest absolute Gasteiger partial charge is 0.493 e. The number of aromatic nitrogens is 2. The highest BCUT2D eigenvalue weighted by molar-refractivity contribution is 6.45.